The van der Waals surface area contributed by atoms with Gasteiger partial charge in [0.25, 0.3) is 5.91 Å². The Labute approximate surface area is 164 Å². The molecule has 0 spiro atoms. The van der Waals surface area contributed by atoms with Crippen LogP contribution in [0.1, 0.15) is 21.9 Å². The average molecular weight is 406 g/mol. The summed E-state index contributed by atoms with van der Waals surface area (Å²) >= 11 is 0. The predicted molar refractivity (Wildman–Crippen MR) is 97.6 cm³/mol. The molecule has 0 unspecified atom stereocenters. The van der Waals surface area contributed by atoms with Crippen LogP contribution in [0.2, 0.25) is 0 Å². The number of nitrogens with zero attached hydrogens (tertiary/aromatic N) is 3. The number of ether oxygens (including phenoxy) is 1. The first-order valence-electron chi connectivity index (χ1n) is 9.14. The van der Waals surface area contributed by atoms with Crippen LogP contribution in [0.3, 0.4) is 0 Å². The minimum absolute atomic E-state index is 0.112. The summed E-state index contributed by atoms with van der Waals surface area (Å²) in [7, 11) is 0. The highest BCUT2D eigenvalue weighted by Crippen LogP contribution is 2.30. The molecule has 1 aliphatic rings. The van der Waals surface area contributed by atoms with Gasteiger partial charge in [0.1, 0.15) is 31.1 Å². The van der Waals surface area contributed by atoms with Gasteiger partial charge in [0.2, 0.25) is 5.82 Å². The maximum absolute atomic E-state index is 13.2. The van der Waals surface area contributed by atoms with E-state index in [0.29, 0.717) is 36.8 Å². The first-order chi connectivity index (χ1) is 13.9. The van der Waals surface area contributed by atoms with Gasteiger partial charge in [-0.15, -0.1) is 0 Å². The molecule has 10 heteroatoms. The van der Waals surface area contributed by atoms with Gasteiger partial charge < -0.3 is 15.0 Å². The summed E-state index contributed by atoms with van der Waals surface area (Å²) in [5.74, 6) is -0.442. The Bertz CT molecular complexity index is 1010. The standard InChI is InChI=1S/C19H18F3N5O2/c20-19(21,22)13-4-5-15-14(12-26-7-9-29-10-8-26)24-17(27(15)11-13)18(28)25-16-3-1-2-6-23-16/h1-6,11H,7-10,12H2,(H,23,25,28)/p+1. The molecule has 0 aliphatic carbocycles. The lowest BCUT2D eigenvalue weighted by atomic mass is 10.2. The number of hydrogen-bond acceptors (Lipinski definition) is 4. The number of rotatable bonds is 4. The van der Waals surface area contributed by atoms with Crippen molar-refractivity contribution in [3.05, 3.63) is 59.8 Å². The topological polar surface area (TPSA) is 73.0 Å². The molecule has 1 aliphatic heterocycles. The third-order valence-corrected chi connectivity index (χ3v) is 4.77. The lowest BCUT2D eigenvalue weighted by Gasteiger charge is -2.22. The van der Waals surface area contributed by atoms with Crippen molar-refractivity contribution in [3.63, 3.8) is 0 Å². The largest absolute Gasteiger partial charge is 0.417 e. The molecule has 29 heavy (non-hydrogen) atoms. The van der Waals surface area contributed by atoms with E-state index in [1.807, 2.05) is 0 Å². The molecular formula is C19H19F3N5O2+. The minimum atomic E-state index is -4.52. The Kier molecular flexibility index (Phi) is 5.20. The van der Waals surface area contributed by atoms with Crippen molar-refractivity contribution in [3.8, 4) is 0 Å². The number of carbonyl (C=O) groups is 1. The SMILES string of the molecule is O=C(Nc1ccccn1)c1nc(C[NH+]2CCOCC2)c2ccc(C(F)(F)F)cn12. The van der Waals surface area contributed by atoms with Gasteiger partial charge >= 0.3 is 6.18 Å². The van der Waals surface area contributed by atoms with Gasteiger partial charge in [-0.2, -0.15) is 13.2 Å². The number of amides is 1. The van der Waals surface area contributed by atoms with Crippen LogP contribution < -0.4 is 10.2 Å². The van der Waals surface area contributed by atoms with E-state index in [1.54, 1.807) is 18.2 Å². The molecule has 152 valence electrons. The molecule has 0 bridgehead atoms. The molecule has 1 fully saturated rings. The van der Waals surface area contributed by atoms with Crippen molar-refractivity contribution in [2.45, 2.75) is 12.7 Å². The van der Waals surface area contributed by atoms with Crippen LogP contribution in [0, 0.1) is 0 Å². The Morgan fingerprint density at radius 3 is 2.69 bits per heavy atom. The predicted octanol–water partition coefficient (Wildman–Crippen LogP) is 1.42. The molecule has 3 aromatic rings. The van der Waals surface area contributed by atoms with Crippen LogP contribution in [0.5, 0.6) is 0 Å². The number of morpholine rings is 1. The van der Waals surface area contributed by atoms with Crippen LogP contribution in [0.15, 0.2) is 42.7 Å². The van der Waals surface area contributed by atoms with E-state index in [1.165, 1.54) is 21.6 Å². The maximum Gasteiger partial charge on any atom is 0.417 e. The van der Waals surface area contributed by atoms with Gasteiger partial charge in [0, 0.05) is 12.4 Å². The zero-order valence-corrected chi connectivity index (χ0v) is 15.4. The van der Waals surface area contributed by atoms with E-state index >= 15 is 0 Å². The van der Waals surface area contributed by atoms with Crippen molar-refractivity contribution < 1.29 is 27.6 Å². The third-order valence-electron chi connectivity index (χ3n) is 4.77. The first-order valence-corrected chi connectivity index (χ1v) is 9.14. The summed E-state index contributed by atoms with van der Waals surface area (Å²) in [4.78, 5) is 22.4. The first kappa shape index (κ1) is 19.3. The summed E-state index contributed by atoms with van der Waals surface area (Å²) in [6, 6.07) is 7.35. The zero-order chi connectivity index (χ0) is 20.4. The van der Waals surface area contributed by atoms with Gasteiger partial charge in [-0.05, 0) is 24.3 Å². The number of fused-ring (bicyclic) bond motifs is 1. The van der Waals surface area contributed by atoms with E-state index in [0.717, 1.165) is 25.4 Å². The van der Waals surface area contributed by atoms with Gasteiger partial charge in [-0.1, -0.05) is 6.07 Å². The zero-order valence-electron chi connectivity index (χ0n) is 15.4. The molecule has 1 amide bonds. The lowest BCUT2D eigenvalue weighted by Crippen LogP contribution is -3.12. The summed E-state index contributed by atoms with van der Waals surface area (Å²) in [5.41, 5.74) is 0.199. The van der Waals surface area contributed by atoms with Crippen molar-refractivity contribution in [2.75, 3.05) is 31.6 Å². The van der Waals surface area contributed by atoms with Crippen molar-refractivity contribution in [1.82, 2.24) is 14.4 Å². The number of aromatic nitrogens is 3. The Morgan fingerprint density at radius 1 is 1.21 bits per heavy atom. The smallest absolute Gasteiger partial charge is 0.370 e. The van der Waals surface area contributed by atoms with Crippen molar-refractivity contribution in [1.29, 1.82) is 0 Å². The van der Waals surface area contributed by atoms with E-state index < -0.39 is 17.6 Å². The van der Waals surface area contributed by atoms with Crippen LogP contribution in [-0.4, -0.2) is 46.6 Å². The van der Waals surface area contributed by atoms with E-state index in [-0.39, 0.29) is 5.82 Å². The highest BCUT2D eigenvalue weighted by Gasteiger charge is 2.32. The monoisotopic (exact) mass is 406 g/mol. The summed E-state index contributed by atoms with van der Waals surface area (Å²) in [6.45, 7) is 3.28. The third kappa shape index (κ3) is 4.22. The molecule has 4 heterocycles. The van der Waals surface area contributed by atoms with E-state index in [4.69, 9.17) is 4.74 Å². The summed E-state index contributed by atoms with van der Waals surface area (Å²) in [6.07, 6.45) is -2.11. The van der Waals surface area contributed by atoms with Crippen LogP contribution >= 0.6 is 0 Å². The van der Waals surface area contributed by atoms with Gasteiger partial charge in [0.15, 0.2) is 0 Å². The minimum Gasteiger partial charge on any atom is -0.370 e. The van der Waals surface area contributed by atoms with Crippen LogP contribution in [0.25, 0.3) is 5.52 Å². The number of alkyl halides is 3. The molecule has 0 aromatic carbocycles. The second-order valence-electron chi connectivity index (χ2n) is 6.76. The fourth-order valence-electron chi connectivity index (χ4n) is 3.29. The molecule has 0 saturated carbocycles. The molecule has 2 N–H and O–H groups in total. The number of carbonyl (C=O) groups excluding carboxylic acids is 1. The second kappa shape index (κ2) is 7.80. The normalized spacial score (nSPS) is 15.6. The van der Waals surface area contributed by atoms with Crippen molar-refractivity contribution >= 4 is 17.2 Å². The number of quaternary nitrogens is 1. The number of anilines is 1. The number of hydrogen-bond donors (Lipinski definition) is 2. The van der Waals surface area contributed by atoms with Gasteiger partial charge in [-0.25, -0.2) is 9.97 Å². The number of halogens is 3. The summed E-state index contributed by atoms with van der Waals surface area (Å²) in [5, 5.41) is 2.58. The van der Waals surface area contributed by atoms with Gasteiger partial charge in [-0.3, -0.25) is 9.20 Å². The van der Waals surface area contributed by atoms with E-state index in [9.17, 15) is 18.0 Å². The molecule has 7 nitrogen and oxygen atoms in total. The molecular weight excluding hydrogens is 387 g/mol. The maximum atomic E-state index is 13.2. The second-order valence-corrected chi connectivity index (χ2v) is 6.76. The number of nitrogens with one attached hydrogen (secondary N) is 2. The fraction of sp³-hybridized carbons (Fsp3) is 0.316. The Hall–Kier alpha value is -2.98. The quantitative estimate of drug-likeness (QED) is 0.688. The molecule has 1 saturated heterocycles. The molecule has 3 aromatic heterocycles. The summed E-state index contributed by atoms with van der Waals surface area (Å²) < 4.78 is 46.2. The lowest BCUT2D eigenvalue weighted by molar-refractivity contribution is -0.921. The average Bonchev–Trinajstić information content (AvgIpc) is 3.07. The number of imidazole rings is 1. The van der Waals surface area contributed by atoms with Crippen LogP contribution in [-0.2, 0) is 17.5 Å². The number of pyridine rings is 2. The van der Waals surface area contributed by atoms with E-state index in [2.05, 4.69) is 15.3 Å². The van der Waals surface area contributed by atoms with Gasteiger partial charge in [0.05, 0.1) is 24.3 Å². The van der Waals surface area contributed by atoms with Crippen molar-refractivity contribution in [2.24, 2.45) is 0 Å². The Morgan fingerprint density at radius 2 is 2.00 bits per heavy atom. The Balaban J connectivity index is 1.73. The highest BCUT2D eigenvalue weighted by atomic mass is 19.4. The fourth-order valence-corrected chi connectivity index (χ4v) is 3.29. The molecule has 0 radical (unpaired) electrons. The van der Waals surface area contributed by atoms with Crippen LogP contribution in [0.4, 0.5) is 19.0 Å². The molecule has 4 rings (SSSR count). The highest BCUT2D eigenvalue weighted by molar-refractivity contribution is 6.02. The molecule has 0 atom stereocenters.